The van der Waals surface area contributed by atoms with E-state index in [-0.39, 0.29) is 17.1 Å². The Labute approximate surface area is 145 Å². The van der Waals surface area contributed by atoms with Crippen molar-refractivity contribution in [2.75, 3.05) is 11.5 Å². The highest BCUT2D eigenvalue weighted by Gasteiger charge is 2.29. The molecule has 2 aromatic rings. The third-order valence-electron chi connectivity index (χ3n) is 3.96. The summed E-state index contributed by atoms with van der Waals surface area (Å²) < 4.78 is 23.0. The van der Waals surface area contributed by atoms with Gasteiger partial charge >= 0.3 is 0 Å². The lowest BCUT2D eigenvalue weighted by Crippen LogP contribution is -2.36. The van der Waals surface area contributed by atoms with E-state index in [0.717, 1.165) is 5.56 Å². The molecule has 1 saturated heterocycles. The number of nitrogens with one attached hydrogen (secondary N) is 2. The van der Waals surface area contributed by atoms with Gasteiger partial charge in [-0.15, -0.1) is 0 Å². The average molecular weight is 356 g/mol. The molecule has 0 radical (unpaired) electrons. The van der Waals surface area contributed by atoms with Crippen molar-refractivity contribution in [1.82, 2.24) is 15.5 Å². The Morgan fingerprint density at radius 1 is 1.36 bits per heavy atom. The van der Waals surface area contributed by atoms with Gasteiger partial charge in [0.15, 0.2) is 9.84 Å². The average Bonchev–Trinajstić information content (AvgIpc) is 3.19. The van der Waals surface area contributed by atoms with Crippen LogP contribution in [0.4, 0.5) is 0 Å². The van der Waals surface area contributed by atoms with E-state index in [1.165, 1.54) is 12.3 Å². The second-order valence-electron chi connectivity index (χ2n) is 5.81. The Hall–Kier alpha value is -2.92. The van der Waals surface area contributed by atoms with Crippen molar-refractivity contribution < 1.29 is 13.2 Å². The first-order chi connectivity index (χ1) is 12.0. The number of carbonyl (C=O) groups is 1. The zero-order valence-electron chi connectivity index (χ0n) is 13.3. The normalized spacial score (nSPS) is 19.3. The summed E-state index contributed by atoms with van der Waals surface area (Å²) in [5.41, 5.74) is 2.09. The van der Waals surface area contributed by atoms with E-state index >= 15 is 0 Å². The number of hydrogen-bond acceptors (Lipinski definition) is 5. The molecule has 1 aromatic heterocycles. The molecular weight excluding hydrogens is 340 g/mol. The standard InChI is InChI=1S/C17H16N4O3S/c18-9-13(17(22)20-15-6-7-25(23,24)11-15)8-14-10-19-21-16(14)12-4-2-1-3-5-12/h1-5,8,10,15H,6-7,11H2,(H,19,21)(H,20,22)/b13-8-. The fourth-order valence-electron chi connectivity index (χ4n) is 2.72. The van der Waals surface area contributed by atoms with Crippen LogP contribution in [0.1, 0.15) is 12.0 Å². The van der Waals surface area contributed by atoms with Crippen molar-refractivity contribution in [3.05, 3.63) is 47.7 Å². The lowest BCUT2D eigenvalue weighted by molar-refractivity contribution is -0.117. The highest BCUT2D eigenvalue weighted by molar-refractivity contribution is 7.91. The van der Waals surface area contributed by atoms with Gasteiger partial charge in [0, 0.05) is 17.2 Å². The number of hydrogen-bond donors (Lipinski definition) is 2. The zero-order chi connectivity index (χ0) is 17.9. The highest BCUT2D eigenvalue weighted by atomic mass is 32.2. The maximum atomic E-state index is 12.3. The van der Waals surface area contributed by atoms with Crippen molar-refractivity contribution >= 4 is 21.8 Å². The Kier molecular flexibility index (Phi) is 4.67. The molecule has 1 unspecified atom stereocenters. The van der Waals surface area contributed by atoms with Crippen LogP contribution in [0.3, 0.4) is 0 Å². The van der Waals surface area contributed by atoms with Gasteiger partial charge in [0.1, 0.15) is 11.6 Å². The summed E-state index contributed by atoms with van der Waals surface area (Å²) in [6.45, 7) is 0. The molecule has 0 spiro atoms. The molecule has 0 aliphatic carbocycles. The first-order valence-corrected chi connectivity index (χ1v) is 9.52. The third-order valence-corrected chi connectivity index (χ3v) is 5.73. The van der Waals surface area contributed by atoms with Crippen LogP contribution in [0.5, 0.6) is 0 Å². The van der Waals surface area contributed by atoms with Gasteiger partial charge in [-0.1, -0.05) is 30.3 Å². The molecule has 25 heavy (non-hydrogen) atoms. The Balaban J connectivity index is 1.81. The number of sulfone groups is 1. The van der Waals surface area contributed by atoms with E-state index < -0.39 is 21.8 Å². The lowest BCUT2D eigenvalue weighted by Gasteiger charge is -2.09. The van der Waals surface area contributed by atoms with Crippen LogP contribution in [-0.4, -0.2) is 42.1 Å². The van der Waals surface area contributed by atoms with Crippen LogP contribution in [0.25, 0.3) is 17.3 Å². The second kappa shape index (κ2) is 6.91. The van der Waals surface area contributed by atoms with Crippen molar-refractivity contribution in [3.8, 4) is 17.3 Å². The monoisotopic (exact) mass is 356 g/mol. The molecule has 7 nitrogen and oxygen atoms in total. The minimum Gasteiger partial charge on any atom is -0.348 e. The maximum Gasteiger partial charge on any atom is 0.262 e. The fourth-order valence-corrected chi connectivity index (χ4v) is 4.39. The van der Waals surface area contributed by atoms with Gasteiger partial charge in [-0.2, -0.15) is 10.4 Å². The number of nitriles is 1. The van der Waals surface area contributed by atoms with E-state index in [1.54, 1.807) is 0 Å². The van der Waals surface area contributed by atoms with Crippen molar-refractivity contribution in [2.45, 2.75) is 12.5 Å². The molecule has 8 heteroatoms. The summed E-state index contributed by atoms with van der Waals surface area (Å²) >= 11 is 0. The number of amides is 1. The first-order valence-electron chi connectivity index (χ1n) is 7.70. The van der Waals surface area contributed by atoms with Crippen LogP contribution < -0.4 is 5.32 Å². The van der Waals surface area contributed by atoms with Gasteiger partial charge in [0.05, 0.1) is 23.4 Å². The predicted octanol–water partition coefficient (Wildman–Crippen LogP) is 1.29. The number of rotatable bonds is 4. The van der Waals surface area contributed by atoms with Gasteiger partial charge in [-0.3, -0.25) is 9.89 Å². The smallest absolute Gasteiger partial charge is 0.262 e. The van der Waals surface area contributed by atoms with Crippen molar-refractivity contribution in [1.29, 1.82) is 5.26 Å². The molecule has 1 aliphatic rings. The number of benzene rings is 1. The van der Waals surface area contributed by atoms with Crippen molar-refractivity contribution in [3.63, 3.8) is 0 Å². The van der Waals surface area contributed by atoms with Crippen LogP contribution in [-0.2, 0) is 14.6 Å². The molecule has 0 bridgehead atoms. The zero-order valence-corrected chi connectivity index (χ0v) is 14.1. The molecule has 1 atom stereocenters. The number of H-pyrrole nitrogens is 1. The van der Waals surface area contributed by atoms with Crippen LogP contribution in [0.15, 0.2) is 42.1 Å². The molecule has 1 aliphatic heterocycles. The minimum atomic E-state index is -3.10. The topological polar surface area (TPSA) is 116 Å². The highest BCUT2D eigenvalue weighted by Crippen LogP contribution is 2.23. The molecule has 2 N–H and O–H groups in total. The minimum absolute atomic E-state index is 0.0590. The number of nitrogens with zero attached hydrogens (tertiary/aromatic N) is 2. The SMILES string of the molecule is N#C/C(=C/c1cn[nH]c1-c1ccccc1)C(=O)NC1CCS(=O)(=O)C1. The molecule has 0 saturated carbocycles. The van der Waals surface area contributed by atoms with E-state index in [9.17, 15) is 18.5 Å². The van der Waals surface area contributed by atoms with Gasteiger partial charge in [-0.25, -0.2) is 8.42 Å². The first kappa shape index (κ1) is 16.9. The Morgan fingerprint density at radius 3 is 2.76 bits per heavy atom. The summed E-state index contributed by atoms with van der Waals surface area (Å²) in [5.74, 6) is -0.605. The molecule has 1 aromatic carbocycles. The molecule has 2 heterocycles. The van der Waals surface area contributed by atoms with Gasteiger partial charge in [-0.05, 0) is 12.5 Å². The van der Waals surface area contributed by atoms with E-state index in [0.29, 0.717) is 17.7 Å². The van der Waals surface area contributed by atoms with Gasteiger partial charge in [0.25, 0.3) is 5.91 Å². The molecule has 3 rings (SSSR count). The van der Waals surface area contributed by atoms with E-state index in [4.69, 9.17) is 0 Å². The van der Waals surface area contributed by atoms with Gasteiger partial charge < -0.3 is 5.32 Å². The third kappa shape index (κ3) is 3.95. The second-order valence-corrected chi connectivity index (χ2v) is 8.04. The largest absolute Gasteiger partial charge is 0.348 e. The number of aromatic nitrogens is 2. The molecule has 128 valence electrons. The predicted molar refractivity (Wildman–Crippen MR) is 92.8 cm³/mol. The van der Waals surface area contributed by atoms with Crippen molar-refractivity contribution in [2.24, 2.45) is 0 Å². The molecule has 1 amide bonds. The van der Waals surface area contributed by atoms with E-state index in [2.05, 4.69) is 15.5 Å². The Morgan fingerprint density at radius 2 is 2.12 bits per heavy atom. The van der Waals surface area contributed by atoms with Crippen LogP contribution in [0.2, 0.25) is 0 Å². The Bertz CT molecular complexity index is 955. The summed E-state index contributed by atoms with van der Waals surface area (Å²) in [6, 6.07) is 10.8. The summed E-state index contributed by atoms with van der Waals surface area (Å²) in [5, 5.41) is 18.8. The fraction of sp³-hybridized carbons (Fsp3) is 0.235. The van der Waals surface area contributed by atoms with Crippen LogP contribution in [0, 0.1) is 11.3 Å². The quantitative estimate of drug-likeness (QED) is 0.632. The summed E-state index contributed by atoms with van der Waals surface area (Å²) in [4.78, 5) is 12.3. The lowest BCUT2D eigenvalue weighted by atomic mass is 10.1. The van der Waals surface area contributed by atoms with Gasteiger partial charge in [0.2, 0.25) is 0 Å². The summed E-state index contributed by atoms with van der Waals surface area (Å²) in [7, 11) is -3.10. The maximum absolute atomic E-state index is 12.3. The van der Waals surface area contributed by atoms with Crippen LogP contribution >= 0.6 is 0 Å². The molecule has 1 fully saturated rings. The number of carbonyl (C=O) groups excluding carboxylic acids is 1. The van der Waals surface area contributed by atoms with E-state index in [1.807, 2.05) is 36.4 Å². The number of aromatic amines is 1. The molecular formula is C17H16N4O3S. The summed E-state index contributed by atoms with van der Waals surface area (Å²) in [6.07, 6.45) is 3.35.